The molecule has 3 N–H and O–H groups in total. The average molecular weight is 364 g/mol. The highest BCUT2D eigenvalue weighted by atomic mass is 16.3. The van der Waals surface area contributed by atoms with E-state index >= 15 is 0 Å². The van der Waals surface area contributed by atoms with Crippen molar-refractivity contribution in [2.24, 2.45) is 5.92 Å². The lowest BCUT2D eigenvalue weighted by molar-refractivity contribution is 0.185. The van der Waals surface area contributed by atoms with Crippen LogP contribution in [0.4, 0.5) is 17.5 Å². The van der Waals surface area contributed by atoms with Gasteiger partial charge >= 0.3 is 0 Å². The van der Waals surface area contributed by atoms with Crippen molar-refractivity contribution < 1.29 is 5.11 Å². The maximum Gasteiger partial charge on any atom is 0.223 e. The van der Waals surface area contributed by atoms with Crippen LogP contribution in [0.25, 0.3) is 11.0 Å². The molecule has 27 heavy (non-hydrogen) atoms. The van der Waals surface area contributed by atoms with E-state index in [-0.39, 0.29) is 6.61 Å². The minimum Gasteiger partial charge on any atom is -0.396 e. The number of aliphatic hydroxyl groups is 1. The average Bonchev–Trinajstić information content (AvgIpc) is 2.69. The van der Waals surface area contributed by atoms with Crippen LogP contribution in [0.5, 0.6) is 0 Å². The van der Waals surface area contributed by atoms with E-state index in [1.54, 1.807) is 6.20 Å². The molecular formula is C20H24N6O. The number of nitrogens with zero attached hydrogens (tertiary/aromatic N) is 4. The summed E-state index contributed by atoms with van der Waals surface area (Å²) in [7, 11) is 0. The van der Waals surface area contributed by atoms with Crippen molar-refractivity contribution in [3.63, 3.8) is 0 Å². The lowest BCUT2D eigenvalue weighted by Crippen LogP contribution is -2.28. The number of hydrogen-bond acceptors (Lipinski definition) is 7. The van der Waals surface area contributed by atoms with E-state index in [1.165, 1.54) is 11.9 Å². The topological polar surface area (TPSA) is 95.9 Å². The maximum absolute atomic E-state index is 9.29. The minimum atomic E-state index is 0.282. The Morgan fingerprint density at radius 1 is 1.11 bits per heavy atom. The minimum absolute atomic E-state index is 0.282. The van der Waals surface area contributed by atoms with Gasteiger partial charge in [-0.1, -0.05) is 12.1 Å². The molecule has 1 aromatic carbocycles. The fraction of sp³-hybridized carbons (Fsp3) is 0.400. The van der Waals surface area contributed by atoms with Gasteiger partial charge in [0.15, 0.2) is 5.82 Å². The van der Waals surface area contributed by atoms with Crippen molar-refractivity contribution in [1.82, 2.24) is 19.9 Å². The lowest BCUT2D eigenvalue weighted by Gasteiger charge is -2.27. The fourth-order valence-electron chi connectivity index (χ4n) is 3.55. The van der Waals surface area contributed by atoms with E-state index in [0.717, 1.165) is 31.4 Å². The monoisotopic (exact) mass is 364 g/mol. The van der Waals surface area contributed by atoms with Crippen LogP contribution in [0.15, 0.2) is 36.8 Å². The Bertz CT molecular complexity index is 923. The predicted molar refractivity (Wildman–Crippen MR) is 106 cm³/mol. The third-order valence-corrected chi connectivity index (χ3v) is 5.10. The van der Waals surface area contributed by atoms with E-state index in [4.69, 9.17) is 0 Å². The molecule has 0 aliphatic heterocycles. The van der Waals surface area contributed by atoms with Gasteiger partial charge in [-0.3, -0.25) is 0 Å². The SMILES string of the molecule is Cc1cccc(Nc2ncnc3cnc(NC4CCC(CO)CC4)nc23)c1. The third-order valence-electron chi connectivity index (χ3n) is 5.10. The first-order valence-electron chi connectivity index (χ1n) is 9.40. The van der Waals surface area contributed by atoms with Crippen LogP contribution in [0.1, 0.15) is 31.2 Å². The number of benzene rings is 1. The normalized spacial score (nSPS) is 19.8. The number of aryl methyl sites for hydroxylation is 1. The summed E-state index contributed by atoms with van der Waals surface area (Å²) in [6, 6.07) is 8.46. The van der Waals surface area contributed by atoms with E-state index in [0.29, 0.717) is 34.8 Å². The van der Waals surface area contributed by atoms with Crippen LogP contribution >= 0.6 is 0 Å². The zero-order valence-corrected chi connectivity index (χ0v) is 15.4. The number of anilines is 3. The highest BCUT2D eigenvalue weighted by Crippen LogP contribution is 2.27. The van der Waals surface area contributed by atoms with Crippen molar-refractivity contribution in [2.45, 2.75) is 38.6 Å². The van der Waals surface area contributed by atoms with E-state index < -0.39 is 0 Å². The highest BCUT2D eigenvalue weighted by molar-refractivity contribution is 5.87. The molecule has 1 aliphatic rings. The van der Waals surface area contributed by atoms with Crippen LogP contribution in [0.3, 0.4) is 0 Å². The summed E-state index contributed by atoms with van der Waals surface area (Å²) >= 11 is 0. The molecule has 0 saturated heterocycles. The summed E-state index contributed by atoms with van der Waals surface area (Å²) in [6.07, 6.45) is 7.36. The quantitative estimate of drug-likeness (QED) is 0.638. The second-order valence-corrected chi connectivity index (χ2v) is 7.19. The summed E-state index contributed by atoms with van der Waals surface area (Å²) in [5, 5.41) is 16.1. The van der Waals surface area contributed by atoms with Gasteiger partial charge in [-0.2, -0.15) is 0 Å². The third kappa shape index (κ3) is 4.14. The second-order valence-electron chi connectivity index (χ2n) is 7.19. The number of aliphatic hydroxyl groups excluding tert-OH is 1. The zero-order valence-electron chi connectivity index (χ0n) is 15.4. The van der Waals surface area contributed by atoms with Crippen molar-refractivity contribution in [1.29, 1.82) is 0 Å². The van der Waals surface area contributed by atoms with Crippen LogP contribution < -0.4 is 10.6 Å². The molecule has 0 spiro atoms. The Balaban J connectivity index is 1.56. The summed E-state index contributed by atoms with van der Waals surface area (Å²) in [5.74, 6) is 1.69. The molecule has 3 aromatic rings. The molecule has 0 radical (unpaired) electrons. The van der Waals surface area contributed by atoms with E-state index in [2.05, 4.69) is 49.6 Å². The first-order chi connectivity index (χ1) is 13.2. The van der Waals surface area contributed by atoms with Crippen molar-refractivity contribution in [2.75, 3.05) is 17.2 Å². The standard InChI is InChI=1S/C20H24N6O/c1-13-3-2-4-16(9-13)24-19-18-17(22-12-23-19)10-21-20(26-18)25-15-7-5-14(11-27)6-8-15/h2-4,9-10,12,14-15,27H,5-8,11H2,1H3,(H,21,25,26)(H,22,23,24). The van der Waals surface area contributed by atoms with Crippen molar-refractivity contribution >= 4 is 28.5 Å². The number of fused-ring (bicyclic) bond motifs is 1. The number of nitrogens with one attached hydrogen (secondary N) is 2. The summed E-state index contributed by atoms with van der Waals surface area (Å²) in [5.41, 5.74) is 3.54. The van der Waals surface area contributed by atoms with Gasteiger partial charge in [-0.25, -0.2) is 19.9 Å². The Labute approximate surface area is 158 Å². The number of rotatable bonds is 5. The summed E-state index contributed by atoms with van der Waals surface area (Å²) in [6.45, 7) is 2.34. The molecule has 2 heterocycles. The van der Waals surface area contributed by atoms with Crippen LogP contribution in [0.2, 0.25) is 0 Å². The molecule has 1 fully saturated rings. The van der Waals surface area contributed by atoms with Gasteiger partial charge < -0.3 is 15.7 Å². The van der Waals surface area contributed by atoms with Gasteiger partial charge in [0.25, 0.3) is 0 Å². The smallest absolute Gasteiger partial charge is 0.223 e. The molecule has 0 bridgehead atoms. The van der Waals surface area contributed by atoms with E-state index in [1.807, 2.05) is 12.1 Å². The number of hydrogen-bond donors (Lipinski definition) is 3. The molecule has 0 amide bonds. The molecule has 4 rings (SSSR count). The molecule has 7 heteroatoms. The van der Waals surface area contributed by atoms with E-state index in [9.17, 15) is 5.11 Å². The first-order valence-corrected chi connectivity index (χ1v) is 9.40. The fourth-order valence-corrected chi connectivity index (χ4v) is 3.55. The van der Waals surface area contributed by atoms with Gasteiger partial charge in [0, 0.05) is 18.3 Å². The van der Waals surface area contributed by atoms with Crippen molar-refractivity contribution in [3.8, 4) is 0 Å². The van der Waals surface area contributed by atoms with Crippen LogP contribution in [-0.4, -0.2) is 37.7 Å². The lowest BCUT2D eigenvalue weighted by atomic mass is 9.87. The van der Waals surface area contributed by atoms with Crippen molar-refractivity contribution in [3.05, 3.63) is 42.4 Å². The second kappa shape index (κ2) is 7.84. The highest BCUT2D eigenvalue weighted by Gasteiger charge is 2.21. The Morgan fingerprint density at radius 3 is 2.74 bits per heavy atom. The Morgan fingerprint density at radius 2 is 1.96 bits per heavy atom. The zero-order chi connectivity index (χ0) is 18.6. The maximum atomic E-state index is 9.29. The van der Waals surface area contributed by atoms with Gasteiger partial charge in [0.05, 0.1) is 6.20 Å². The molecule has 1 saturated carbocycles. The molecule has 140 valence electrons. The van der Waals surface area contributed by atoms with Gasteiger partial charge in [-0.05, 0) is 56.2 Å². The first kappa shape index (κ1) is 17.6. The summed E-state index contributed by atoms with van der Waals surface area (Å²) in [4.78, 5) is 17.7. The molecule has 0 unspecified atom stereocenters. The van der Waals surface area contributed by atoms with Gasteiger partial charge in [0.1, 0.15) is 17.4 Å². The van der Waals surface area contributed by atoms with Crippen LogP contribution in [-0.2, 0) is 0 Å². The summed E-state index contributed by atoms with van der Waals surface area (Å²) < 4.78 is 0. The van der Waals surface area contributed by atoms with Gasteiger partial charge in [0.2, 0.25) is 5.95 Å². The molecule has 2 aromatic heterocycles. The molecular weight excluding hydrogens is 340 g/mol. The molecule has 1 aliphatic carbocycles. The predicted octanol–water partition coefficient (Wildman–Crippen LogP) is 3.43. The number of aromatic nitrogens is 4. The molecule has 7 nitrogen and oxygen atoms in total. The molecule has 0 atom stereocenters. The largest absolute Gasteiger partial charge is 0.396 e. The van der Waals surface area contributed by atoms with Crippen LogP contribution in [0, 0.1) is 12.8 Å². The Kier molecular flexibility index (Phi) is 5.11. The Hall–Kier alpha value is -2.80. The van der Waals surface area contributed by atoms with Gasteiger partial charge in [-0.15, -0.1) is 0 Å².